The minimum Gasteiger partial charge on any atom is -0.435 e. The standard InChI is InChI=1S/C13H15F2N3O/c14-13(15)19-11-3-1-10(2-4-11)12(9-16)18-7-5-17-6-8-18/h1-4,12-13,17H,5-8H2. The lowest BCUT2D eigenvalue weighted by atomic mass is 10.1. The van der Waals surface area contributed by atoms with Gasteiger partial charge in [0.25, 0.3) is 0 Å². The summed E-state index contributed by atoms with van der Waals surface area (Å²) >= 11 is 0. The van der Waals surface area contributed by atoms with Crippen molar-refractivity contribution in [1.29, 1.82) is 5.26 Å². The van der Waals surface area contributed by atoms with Crippen LogP contribution in [0.5, 0.6) is 5.75 Å². The van der Waals surface area contributed by atoms with Gasteiger partial charge in [-0.2, -0.15) is 14.0 Å². The van der Waals surface area contributed by atoms with Crippen LogP contribution in [0.3, 0.4) is 0 Å². The smallest absolute Gasteiger partial charge is 0.387 e. The molecule has 2 rings (SSSR count). The number of rotatable bonds is 4. The summed E-state index contributed by atoms with van der Waals surface area (Å²) in [6, 6.07) is 8.17. The first-order chi connectivity index (χ1) is 9.20. The number of hydrogen-bond acceptors (Lipinski definition) is 4. The van der Waals surface area contributed by atoms with Gasteiger partial charge in [-0.25, -0.2) is 0 Å². The molecule has 19 heavy (non-hydrogen) atoms. The summed E-state index contributed by atoms with van der Waals surface area (Å²) in [6.45, 7) is 0.474. The van der Waals surface area contributed by atoms with E-state index in [1.165, 1.54) is 12.1 Å². The molecule has 0 radical (unpaired) electrons. The van der Waals surface area contributed by atoms with Gasteiger partial charge in [0, 0.05) is 26.2 Å². The van der Waals surface area contributed by atoms with Crippen LogP contribution in [-0.4, -0.2) is 37.7 Å². The highest BCUT2D eigenvalue weighted by Gasteiger charge is 2.21. The Morgan fingerprint density at radius 3 is 2.37 bits per heavy atom. The predicted octanol–water partition coefficient (Wildman–Crippen LogP) is 1.76. The number of halogens is 2. The largest absolute Gasteiger partial charge is 0.435 e. The van der Waals surface area contributed by atoms with Crippen molar-refractivity contribution < 1.29 is 13.5 Å². The quantitative estimate of drug-likeness (QED) is 0.903. The molecule has 6 heteroatoms. The van der Waals surface area contributed by atoms with E-state index in [2.05, 4.69) is 21.0 Å². The van der Waals surface area contributed by atoms with E-state index in [0.717, 1.165) is 31.7 Å². The van der Waals surface area contributed by atoms with Crippen molar-refractivity contribution in [2.45, 2.75) is 12.7 Å². The van der Waals surface area contributed by atoms with Gasteiger partial charge in [0.2, 0.25) is 0 Å². The lowest BCUT2D eigenvalue weighted by Gasteiger charge is -2.31. The van der Waals surface area contributed by atoms with Crippen LogP contribution in [0.4, 0.5) is 8.78 Å². The van der Waals surface area contributed by atoms with E-state index in [4.69, 9.17) is 0 Å². The van der Waals surface area contributed by atoms with Gasteiger partial charge >= 0.3 is 6.61 Å². The lowest BCUT2D eigenvalue weighted by molar-refractivity contribution is -0.0498. The maximum atomic E-state index is 12.0. The maximum absolute atomic E-state index is 12.0. The normalized spacial score (nSPS) is 18.0. The highest BCUT2D eigenvalue weighted by molar-refractivity contribution is 5.31. The van der Waals surface area contributed by atoms with E-state index >= 15 is 0 Å². The average Bonchev–Trinajstić information content (AvgIpc) is 2.42. The molecule has 1 unspecified atom stereocenters. The molecule has 0 amide bonds. The zero-order valence-electron chi connectivity index (χ0n) is 10.4. The minimum atomic E-state index is -2.83. The molecule has 102 valence electrons. The summed E-state index contributed by atoms with van der Waals surface area (Å²) in [5.74, 6) is 0.107. The zero-order chi connectivity index (χ0) is 13.7. The number of hydrogen-bond donors (Lipinski definition) is 1. The number of nitrogens with one attached hydrogen (secondary N) is 1. The van der Waals surface area contributed by atoms with Crippen molar-refractivity contribution in [2.24, 2.45) is 0 Å². The molecule has 1 saturated heterocycles. The third-order valence-electron chi connectivity index (χ3n) is 3.06. The van der Waals surface area contributed by atoms with Gasteiger partial charge in [-0.05, 0) is 17.7 Å². The molecule has 1 fully saturated rings. The fraction of sp³-hybridized carbons (Fsp3) is 0.462. The van der Waals surface area contributed by atoms with E-state index in [1.54, 1.807) is 12.1 Å². The van der Waals surface area contributed by atoms with Crippen LogP contribution in [0.1, 0.15) is 11.6 Å². The zero-order valence-corrected chi connectivity index (χ0v) is 10.4. The number of ether oxygens (including phenoxy) is 1. The molecule has 1 aliphatic heterocycles. The first kappa shape index (κ1) is 13.7. The number of nitriles is 1. The molecule has 1 aromatic carbocycles. The Hall–Kier alpha value is -1.71. The second-order valence-corrected chi connectivity index (χ2v) is 4.27. The lowest BCUT2D eigenvalue weighted by Crippen LogP contribution is -2.44. The van der Waals surface area contributed by atoms with Crippen LogP contribution in [0.2, 0.25) is 0 Å². The second-order valence-electron chi connectivity index (χ2n) is 4.27. The Kier molecular flexibility index (Phi) is 4.66. The summed E-state index contributed by atoms with van der Waals surface area (Å²) in [5.41, 5.74) is 0.797. The third kappa shape index (κ3) is 3.63. The summed E-state index contributed by atoms with van der Waals surface area (Å²) < 4.78 is 28.4. The molecule has 1 heterocycles. The number of piperazine rings is 1. The Labute approximate surface area is 110 Å². The highest BCUT2D eigenvalue weighted by Crippen LogP contribution is 2.23. The minimum absolute atomic E-state index is 0.107. The molecule has 0 spiro atoms. The van der Waals surface area contributed by atoms with Gasteiger partial charge in [0.15, 0.2) is 0 Å². The maximum Gasteiger partial charge on any atom is 0.387 e. The SMILES string of the molecule is N#CC(c1ccc(OC(F)F)cc1)N1CCNCC1. The van der Waals surface area contributed by atoms with Crippen molar-refractivity contribution in [3.05, 3.63) is 29.8 Å². The fourth-order valence-electron chi connectivity index (χ4n) is 2.14. The highest BCUT2D eigenvalue weighted by atomic mass is 19.3. The molecule has 0 aromatic heterocycles. The van der Waals surface area contributed by atoms with Crippen molar-refractivity contribution in [1.82, 2.24) is 10.2 Å². The van der Waals surface area contributed by atoms with Crippen LogP contribution in [0.15, 0.2) is 24.3 Å². The number of alkyl halides is 2. The van der Waals surface area contributed by atoms with Gasteiger partial charge in [0.05, 0.1) is 6.07 Å². The van der Waals surface area contributed by atoms with Crippen molar-refractivity contribution >= 4 is 0 Å². The molecule has 1 N–H and O–H groups in total. The van der Waals surface area contributed by atoms with Crippen molar-refractivity contribution in [3.8, 4) is 11.8 Å². The monoisotopic (exact) mass is 267 g/mol. The molecule has 1 aromatic rings. The second kappa shape index (κ2) is 6.45. The third-order valence-corrected chi connectivity index (χ3v) is 3.06. The fourth-order valence-corrected chi connectivity index (χ4v) is 2.14. The van der Waals surface area contributed by atoms with E-state index in [9.17, 15) is 14.0 Å². The molecule has 1 aliphatic rings. The van der Waals surface area contributed by atoms with Gasteiger partial charge in [-0.1, -0.05) is 12.1 Å². The number of benzene rings is 1. The summed E-state index contributed by atoms with van der Waals surface area (Å²) in [6.07, 6.45) is 0. The first-order valence-electron chi connectivity index (χ1n) is 6.10. The van der Waals surface area contributed by atoms with Crippen molar-refractivity contribution in [3.63, 3.8) is 0 Å². The van der Waals surface area contributed by atoms with Crippen LogP contribution in [-0.2, 0) is 0 Å². The molecule has 1 atom stereocenters. The first-order valence-corrected chi connectivity index (χ1v) is 6.10. The van der Waals surface area contributed by atoms with Gasteiger partial charge in [0.1, 0.15) is 11.8 Å². The summed E-state index contributed by atoms with van der Waals surface area (Å²) in [5, 5.41) is 12.5. The number of nitrogens with zero attached hydrogens (tertiary/aromatic N) is 2. The van der Waals surface area contributed by atoms with Crippen LogP contribution < -0.4 is 10.1 Å². The molecular weight excluding hydrogens is 252 g/mol. The predicted molar refractivity (Wildman–Crippen MR) is 65.9 cm³/mol. The molecular formula is C13H15F2N3O. The van der Waals surface area contributed by atoms with Gasteiger partial charge in [-0.3, -0.25) is 4.90 Å². The Bertz CT molecular complexity index is 438. The van der Waals surface area contributed by atoms with E-state index in [-0.39, 0.29) is 11.8 Å². The molecule has 4 nitrogen and oxygen atoms in total. The Morgan fingerprint density at radius 1 is 1.21 bits per heavy atom. The molecule has 0 saturated carbocycles. The van der Waals surface area contributed by atoms with Crippen LogP contribution in [0.25, 0.3) is 0 Å². The van der Waals surface area contributed by atoms with Crippen molar-refractivity contribution in [2.75, 3.05) is 26.2 Å². The van der Waals surface area contributed by atoms with Gasteiger partial charge in [-0.15, -0.1) is 0 Å². The van der Waals surface area contributed by atoms with Crippen LogP contribution in [0, 0.1) is 11.3 Å². The molecule has 0 bridgehead atoms. The Balaban J connectivity index is 2.08. The summed E-state index contributed by atoms with van der Waals surface area (Å²) in [7, 11) is 0. The molecule has 0 aliphatic carbocycles. The topological polar surface area (TPSA) is 48.3 Å². The Morgan fingerprint density at radius 2 is 1.84 bits per heavy atom. The van der Waals surface area contributed by atoms with E-state index in [0.29, 0.717) is 0 Å². The van der Waals surface area contributed by atoms with E-state index < -0.39 is 6.61 Å². The summed E-state index contributed by atoms with van der Waals surface area (Å²) in [4.78, 5) is 2.07. The van der Waals surface area contributed by atoms with Crippen LogP contribution >= 0.6 is 0 Å². The van der Waals surface area contributed by atoms with Gasteiger partial charge < -0.3 is 10.1 Å². The average molecular weight is 267 g/mol. The van der Waals surface area contributed by atoms with E-state index in [1.807, 2.05) is 0 Å².